The van der Waals surface area contributed by atoms with Crippen molar-refractivity contribution < 1.29 is 8.42 Å². The normalized spacial score (nSPS) is 12.9. The molecule has 110 valence electrons. The lowest BCUT2D eigenvalue weighted by atomic mass is 10.2. The minimum absolute atomic E-state index is 0.460. The summed E-state index contributed by atoms with van der Waals surface area (Å²) in [5.41, 5.74) is -1.48. The molecule has 0 amide bonds. The first kappa shape index (κ1) is 16.2. The number of hydrogen-bond donors (Lipinski definition) is 1. The molecule has 0 aliphatic rings. The van der Waals surface area contributed by atoms with Gasteiger partial charge in [0.05, 0.1) is 6.04 Å². The van der Waals surface area contributed by atoms with E-state index in [1.807, 2.05) is 6.92 Å². The van der Waals surface area contributed by atoms with Crippen LogP contribution in [-0.2, 0) is 24.1 Å². The molecule has 0 saturated heterocycles. The molecule has 0 bridgehead atoms. The molecule has 1 aromatic rings. The molecule has 0 aliphatic heterocycles. The predicted octanol–water partition coefficient (Wildman–Crippen LogP) is -0.836. The number of rotatable bonds is 5. The standard InChI is InChI=1S/C12H17N3O4S/c1-5-7-9(6-2)13-20(18,19)10-8-14(3)12(17)15(4)11(10)16/h2,8-9,13H,5,7H2,1,3-4H3. The summed E-state index contributed by atoms with van der Waals surface area (Å²) in [7, 11) is -1.49. The highest BCUT2D eigenvalue weighted by atomic mass is 32.2. The zero-order valence-corrected chi connectivity index (χ0v) is 12.4. The Hall–Kier alpha value is -1.85. The minimum atomic E-state index is -4.07. The summed E-state index contributed by atoms with van der Waals surface area (Å²) in [4.78, 5) is 22.9. The molecular formula is C12H17N3O4S. The first-order valence-electron chi connectivity index (χ1n) is 5.99. The lowest BCUT2D eigenvalue weighted by Crippen LogP contribution is -2.43. The Morgan fingerprint density at radius 3 is 2.50 bits per heavy atom. The molecular weight excluding hydrogens is 282 g/mol. The Morgan fingerprint density at radius 2 is 2.00 bits per heavy atom. The fourth-order valence-corrected chi connectivity index (χ4v) is 3.03. The number of nitrogens with one attached hydrogen (secondary N) is 1. The molecule has 0 aromatic carbocycles. The Labute approximate surface area is 117 Å². The van der Waals surface area contributed by atoms with Gasteiger partial charge in [0.25, 0.3) is 5.56 Å². The van der Waals surface area contributed by atoms with Crippen LogP contribution in [0.5, 0.6) is 0 Å². The number of sulfonamides is 1. The fourth-order valence-electron chi connectivity index (χ4n) is 1.68. The van der Waals surface area contributed by atoms with Gasteiger partial charge >= 0.3 is 5.69 Å². The molecule has 1 unspecified atom stereocenters. The van der Waals surface area contributed by atoms with Gasteiger partial charge in [-0.05, 0) is 6.42 Å². The zero-order chi connectivity index (χ0) is 15.5. The van der Waals surface area contributed by atoms with E-state index in [4.69, 9.17) is 6.42 Å². The second-order valence-corrected chi connectivity index (χ2v) is 6.06. The van der Waals surface area contributed by atoms with Crippen LogP contribution >= 0.6 is 0 Å². The van der Waals surface area contributed by atoms with Crippen molar-refractivity contribution in [1.82, 2.24) is 13.9 Å². The average Bonchev–Trinajstić information content (AvgIpc) is 2.39. The Balaban J connectivity index is 3.35. The van der Waals surface area contributed by atoms with Crippen LogP contribution in [0.4, 0.5) is 0 Å². The van der Waals surface area contributed by atoms with Gasteiger partial charge in [-0.15, -0.1) is 6.42 Å². The van der Waals surface area contributed by atoms with Crippen LogP contribution in [0.25, 0.3) is 0 Å². The van der Waals surface area contributed by atoms with E-state index < -0.39 is 32.2 Å². The van der Waals surface area contributed by atoms with Crippen LogP contribution in [-0.4, -0.2) is 23.6 Å². The summed E-state index contributed by atoms with van der Waals surface area (Å²) in [6.45, 7) is 1.86. The van der Waals surface area contributed by atoms with Gasteiger partial charge in [-0.1, -0.05) is 19.3 Å². The molecule has 1 aromatic heterocycles. The summed E-state index contributed by atoms with van der Waals surface area (Å²) in [5, 5.41) is 0. The third kappa shape index (κ3) is 3.18. The topological polar surface area (TPSA) is 90.2 Å². The summed E-state index contributed by atoms with van der Waals surface area (Å²) >= 11 is 0. The molecule has 1 heterocycles. The molecule has 0 fully saturated rings. The van der Waals surface area contributed by atoms with Gasteiger partial charge in [0.2, 0.25) is 10.0 Å². The van der Waals surface area contributed by atoms with E-state index in [9.17, 15) is 18.0 Å². The molecule has 8 heteroatoms. The largest absolute Gasteiger partial charge is 0.330 e. The van der Waals surface area contributed by atoms with Crippen LogP contribution in [0.2, 0.25) is 0 Å². The van der Waals surface area contributed by atoms with Crippen molar-refractivity contribution >= 4 is 10.0 Å². The van der Waals surface area contributed by atoms with Crippen molar-refractivity contribution in [3.63, 3.8) is 0 Å². The molecule has 20 heavy (non-hydrogen) atoms. The highest BCUT2D eigenvalue weighted by Gasteiger charge is 2.23. The molecule has 0 aliphatic carbocycles. The maximum absolute atomic E-state index is 12.2. The van der Waals surface area contributed by atoms with E-state index in [1.165, 1.54) is 14.1 Å². The lowest BCUT2D eigenvalue weighted by molar-refractivity contribution is 0.555. The van der Waals surface area contributed by atoms with Gasteiger partial charge in [0.15, 0.2) is 4.90 Å². The van der Waals surface area contributed by atoms with Gasteiger partial charge in [0, 0.05) is 20.3 Å². The van der Waals surface area contributed by atoms with E-state index in [2.05, 4.69) is 10.6 Å². The van der Waals surface area contributed by atoms with Gasteiger partial charge in [-0.2, -0.15) is 4.72 Å². The van der Waals surface area contributed by atoms with Crippen molar-refractivity contribution in [2.45, 2.75) is 30.7 Å². The van der Waals surface area contributed by atoms with Crippen molar-refractivity contribution in [3.05, 3.63) is 27.0 Å². The van der Waals surface area contributed by atoms with Gasteiger partial charge in [-0.25, -0.2) is 13.2 Å². The van der Waals surface area contributed by atoms with E-state index in [1.54, 1.807) is 0 Å². The molecule has 0 radical (unpaired) electrons. The highest BCUT2D eigenvalue weighted by molar-refractivity contribution is 7.89. The number of aromatic nitrogens is 2. The zero-order valence-electron chi connectivity index (χ0n) is 11.6. The SMILES string of the molecule is C#CC(CCC)NS(=O)(=O)c1cn(C)c(=O)n(C)c1=O. The van der Waals surface area contributed by atoms with Crippen LogP contribution < -0.4 is 16.0 Å². The lowest BCUT2D eigenvalue weighted by Gasteiger charge is -2.13. The molecule has 1 N–H and O–H groups in total. The summed E-state index contributed by atoms with van der Waals surface area (Å²) in [6, 6.07) is -0.688. The Morgan fingerprint density at radius 1 is 1.40 bits per heavy atom. The quantitative estimate of drug-likeness (QED) is 0.718. The van der Waals surface area contributed by atoms with Gasteiger partial charge < -0.3 is 4.57 Å². The molecule has 7 nitrogen and oxygen atoms in total. The van der Waals surface area contributed by atoms with E-state index in [-0.39, 0.29) is 0 Å². The van der Waals surface area contributed by atoms with Crippen LogP contribution in [0.1, 0.15) is 19.8 Å². The average molecular weight is 299 g/mol. The maximum atomic E-state index is 12.2. The smallest absolute Gasteiger partial charge is 0.302 e. The van der Waals surface area contributed by atoms with E-state index in [0.29, 0.717) is 12.8 Å². The number of terminal acetylenes is 1. The van der Waals surface area contributed by atoms with E-state index in [0.717, 1.165) is 15.3 Å². The molecule has 1 atom stereocenters. The minimum Gasteiger partial charge on any atom is -0.302 e. The fraction of sp³-hybridized carbons (Fsp3) is 0.500. The third-order valence-corrected chi connectivity index (χ3v) is 4.23. The second kappa shape index (κ2) is 6.07. The number of nitrogens with zero attached hydrogens (tertiary/aromatic N) is 2. The highest BCUT2D eigenvalue weighted by Crippen LogP contribution is 2.04. The molecule has 0 saturated carbocycles. The predicted molar refractivity (Wildman–Crippen MR) is 74.8 cm³/mol. The maximum Gasteiger partial charge on any atom is 0.330 e. The number of hydrogen-bond acceptors (Lipinski definition) is 4. The summed E-state index contributed by atoms with van der Waals surface area (Å²) in [6.07, 6.45) is 7.40. The molecule has 1 rings (SSSR count). The van der Waals surface area contributed by atoms with Crippen molar-refractivity contribution in [3.8, 4) is 12.3 Å². The Kier molecular flexibility index (Phi) is 4.92. The van der Waals surface area contributed by atoms with Gasteiger partial charge in [0.1, 0.15) is 0 Å². The first-order valence-corrected chi connectivity index (χ1v) is 7.48. The van der Waals surface area contributed by atoms with Crippen LogP contribution in [0.3, 0.4) is 0 Å². The van der Waals surface area contributed by atoms with E-state index >= 15 is 0 Å². The Bertz CT molecular complexity index is 752. The van der Waals surface area contributed by atoms with Crippen LogP contribution in [0.15, 0.2) is 20.7 Å². The van der Waals surface area contributed by atoms with Gasteiger partial charge in [-0.3, -0.25) is 9.36 Å². The monoisotopic (exact) mass is 299 g/mol. The number of aryl methyl sites for hydroxylation is 1. The first-order chi connectivity index (χ1) is 9.24. The van der Waals surface area contributed by atoms with Crippen molar-refractivity contribution in [1.29, 1.82) is 0 Å². The van der Waals surface area contributed by atoms with Crippen molar-refractivity contribution in [2.75, 3.05) is 0 Å². The third-order valence-electron chi connectivity index (χ3n) is 2.78. The molecule has 0 spiro atoms. The summed E-state index contributed by atoms with van der Waals surface area (Å²) in [5.74, 6) is 2.32. The van der Waals surface area contributed by atoms with Crippen molar-refractivity contribution in [2.24, 2.45) is 14.1 Å². The summed E-state index contributed by atoms with van der Waals surface area (Å²) < 4.78 is 28.4. The second-order valence-electron chi connectivity index (χ2n) is 4.38. The van der Waals surface area contributed by atoms with Crippen LogP contribution in [0, 0.1) is 12.3 Å².